The topological polar surface area (TPSA) is 192 Å². The molecule has 83 heavy (non-hydrogen) atoms. The van der Waals surface area contributed by atoms with E-state index in [2.05, 4.69) is 95.9 Å². The standard InChI is InChI=1S/C64H78N12O7/c1-73(2)25-9-29-78-45-15-21-51-55(39-45)69-61(65-51)43-13-19-49(63-67-53-23-17-47(41-57(53)71-63)80-31-11-27-75(5)6)59(37-43)82-35-33-77-34-36-83-60-38-44(62-66-52-22-16-46(40-56(52)70-62)79-30-10-26-74(3)4)14-20-50(60)64-68-54-24-18-48(42-58(54)72-64)81-32-12-28-76(7)8/h13-24,37-42H,9-12,25-36H2,1-8H3,(H,65,69)(H,66,70)(H,67,71)(H,68,72). The molecule has 0 aliphatic carbocycles. The summed E-state index contributed by atoms with van der Waals surface area (Å²) in [5.74, 6) is 7.15. The van der Waals surface area contributed by atoms with Crippen LogP contribution < -0.4 is 28.4 Å². The number of nitrogens with one attached hydrogen (secondary N) is 4. The Morgan fingerprint density at radius 1 is 0.313 bits per heavy atom. The molecule has 0 unspecified atom stereocenters. The first-order valence-electron chi connectivity index (χ1n) is 28.6. The molecule has 10 rings (SSSR count). The van der Waals surface area contributed by atoms with Crippen LogP contribution >= 0.6 is 0 Å². The summed E-state index contributed by atoms with van der Waals surface area (Å²) in [6.07, 6.45) is 3.71. The summed E-state index contributed by atoms with van der Waals surface area (Å²) in [6, 6.07) is 35.9. The minimum absolute atomic E-state index is 0.256. The van der Waals surface area contributed by atoms with Crippen LogP contribution in [0.4, 0.5) is 0 Å². The van der Waals surface area contributed by atoms with Crippen LogP contribution in [0.1, 0.15) is 25.7 Å². The Kier molecular flexibility index (Phi) is 19.4. The molecule has 4 heterocycles. The first-order chi connectivity index (χ1) is 40.4. The number of hydrogen-bond donors (Lipinski definition) is 4. The van der Waals surface area contributed by atoms with Gasteiger partial charge in [-0.2, -0.15) is 0 Å². The van der Waals surface area contributed by atoms with Crippen molar-refractivity contribution < 1.29 is 33.2 Å². The molecular weight excluding hydrogens is 1050 g/mol. The number of fused-ring (bicyclic) bond motifs is 4. The summed E-state index contributed by atoms with van der Waals surface area (Å²) in [6.45, 7) is 7.41. The Morgan fingerprint density at radius 2 is 0.614 bits per heavy atom. The predicted molar refractivity (Wildman–Crippen MR) is 330 cm³/mol. The molecule has 0 fully saturated rings. The molecule has 0 aliphatic heterocycles. The molecule has 0 saturated carbocycles. The van der Waals surface area contributed by atoms with Crippen LogP contribution in [-0.2, 0) is 4.74 Å². The number of imidazole rings is 4. The molecular formula is C64H78N12O7. The van der Waals surface area contributed by atoms with Gasteiger partial charge in [-0.25, -0.2) is 19.9 Å². The second kappa shape index (κ2) is 27.7. The second-order valence-corrected chi connectivity index (χ2v) is 21.8. The maximum atomic E-state index is 6.61. The fraction of sp³-hybridized carbons (Fsp3) is 0.375. The van der Waals surface area contributed by atoms with Crippen LogP contribution in [0, 0.1) is 0 Å². The van der Waals surface area contributed by atoms with E-state index in [1.165, 1.54) is 0 Å². The van der Waals surface area contributed by atoms with Gasteiger partial charge in [0, 0.05) is 61.6 Å². The molecule has 19 nitrogen and oxygen atoms in total. The highest BCUT2D eigenvalue weighted by atomic mass is 16.5. The Labute approximate surface area is 485 Å². The lowest BCUT2D eigenvalue weighted by atomic mass is 10.1. The highest BCUT2D eigenvalue weighted by Crippen LogP contribution is 2.37. The average Bonchev–Trinajstić information content (AvgIpc) is 3.60. The summed E-state index contributed by atoms with van der Waals surface area (Å²) < 4.78 is 43.8. The lowest BCUT2D eigenvalue weighted by molar-refractivity contribution is 0.0767. The number of ether oxygens (including phenoxy) is 7. The SMILES string of the molecule is CN(C)CCCOc1ccc2nc(-c3ccc(-c4nc5ccc(OCCCN(C)C)cc5[nH]4)c(OCCOCCOc4cc(-c5nc6ccc(OCCCN(C)C)cc6[nH]5)ccc4-c4nc5ccc(OCCCN(C)C)cc5[nH]4)c3)[nH]c2c1. The van der Waals surface area contributed by atoms with Crippen LogP contribution in [0.25, 0.3) is 89.7 Å². The van der Waals surface area contributed by atoms with Crippen LogP contribution in [0.5, 0.6) is 34.5 Å². The Balaban J connectivity index is 0.845. The summed E-state index contributed by atoms with van der Waals surface area (Å²) in [5.41, 5.74) is 10.1. The molecule has 0 aliphatic rings. The van der Waals surface area contributed by atoms with Gasteiger partial charge in [-0.1, -0.05) is 12.1 Å². The van der Waals surface area contributed by atoms with Crippen molar-refractivity contribution in [2.75, 3.05) is 135 Å². The lowest BCUT2D eigenvalue weighted by Gasteiger charge is -2.13. The van der Waals surface area contributed by atoms with E-state index in [-0.39, 0.29) is 13.2 Å². The summed E-state index contributed by atoms with van der Waals surface area (Å²) in [7, 11) is 16.5. The van der Waals surface area contributed by atoms with Gasteiger partial charge < -0.3 is 72.7 Å². The molecule has 0 bridgehead atoms. The van der Waals surface area contributed by atoms with E-state index in [4.69, 9.17) is 53.1 Å². The van der Waals surface area contributed by atoms with Crippen molar-refractivity contribution in [3.63, 3.8) is 0 Å². The van der Waals surface area contributed by atoms with E-state index >= 15 is 0 Å². The third kappa shape index (κ3) is 15.7. The molecule has 6 aromatic carbocycles. The first kappa shape index (κ1) is 58.0. The zero-order valence-electron chi connectivity index (χ0n) is 49.1. The Morgan fingerprint density at radius 3 is 0.928 bits per heavy atom. The average molecular weight is 1130 g/mol. The van der Waals surface area contributed by atoms with Gasteiger partial charge >= 0.3 is 0 Å². The fourth-order valence-electron chi connectivity index (χ4n) is 9.62. The largest absolute Gasteiger partial charge is 0.493 e. The van der Waals surface area contributed by atoms with Gasteiger partial charge in [-0.05, 0) is 155 Å². The van der Waals surface area contributed by atoms with Crippen LogP contribution in [0.3, 0.4) is 0 Å². The number of nitrogens with zero attached hydrogens (tertiary/aromatic N) is 8. The molecule has 0 saturated heterocycles. The summed E-state index contributed by atoms with van der Waals surface area (Å²) in [4.78, 5) is 42.6. The van der Waals surface area contributed by atoms with Crippen LogP contribution in [-0.4, -0.2) is 195 Å². The highest BCUT2D eigenvalue weighted by Gasteiger charge is 2.19. The molecule has 19 heteroatoms. The molecule has 436 valence electrons. The van der Waals surface area contributed by atoms with Gasteiger partial charge in [-0.15, -0.1) is 0 Å². The zero-order chi connectivity index (χ0) is 57.7. The van der Waals surface area contributed by atoms with Crippen molar-refractivity contribution in [2.24, 2.45) is 0 Å². The maximum absolute atomic E-state index is 6.61. The molecule has 0 spiro atoms. The third-order valence-corrected chi connectivity index (χ3v) is 13.9. The van der Waals surface area contributed by atoms with E-state index in [0.29, 0.717) is 74.4 Å². The first-order valence-corrected chi connectivity index (χ1v) is 28.6. The smallest absolute Gasteiger partial charge is 0.142 e. The predicted octanol–water partition coefficient (Wildman–Crippen LogP) is 10.7. The van der Waals surface area contributed by atoms with E-state index < -0.39 is 0 Å². The Hall–Kier alpha value is -8.20. The number of rotatable bonds is 32. The monoisotopic (exact) mass is 1130 g/mol. The van der Waals surface area contributed by atoms with Crippen LogP contribution in [0.2, 0.25) is 0 Å². The Bertz CT molecular complexity index is 3470. The number of aromatic nitrogens is 8. The van der Waals surface area contributed by atoms with E-state index in [1.807, 2.05) is 109 Å². The highest BCUT2D eigenvalue weighted by molar-refractivity contribution is 5.86. The quantitative estimate of drug-likeness (QED) is 0.0291. The molecule has 0 radical (unpaired) electrons. The van der Waals surface area contributed by atoms with Crippen molar-refractivity contribution in [3.8, 4) is 80.0 Å². The van der Waals surface area contributed by atoms with Crippen molar-refractivity contribution in [2.45, 2.75) is 25.7 Å². The van der Waals surface area contributed by atoms with Gasteiger partial charge in [0.2, 0.25) is 0 Å². The summed E-state index contributed by atoms with van der Waals surface area (Å²) in [5, 5.41) is 0. The van der Waals surface area contributed by atoms with Gasteiger partial charge in [0.15, 0.2) is 0 Å². The van der Waals surface area contributed by atoms with Crippen molar-refractivity contribution in [3.05, 3.63) is 109 Å². The van der Waals surface area contributed by atoms with Gasteiger partial charge in [0.25, 0.3) is 0 Å². The number of H-pyrrole nitrogens is 4. The van der Waals surface area contributed by atoms with Crippen molar-refractivity contribution in [1.29, 1.82) is 0 Å². The van der Waals surface area contributed by atoms with E-state index in [0.717, 1.165) is 141 Å². The number of aromatic amines is 4. The molecule has 0 atom stereocenters. The zero-order valence-corrected chi connectivity index (χ0v) is 49.1. The summed E-state index contributed by atoms with van der Waals surface area (Å²) >= 11 is 0. The minimum atomic E-state index is 0.256. The fourth-order valence-corrected chi connectivity index (χ4v) is 9.62. The normalized spacial score (nSPS) is 11.9. The van der Waals surface area contributed by atoms with E-state index in [9.17, 15) is 0 Å². The number of benzene rings is 6. The van der Waals surface area contributed by atoms with E-state index in [1.54, 1.807) is 0 Å². The van der Waals surface area contributed by atoms with Gasteiger partial charge in [0.05, 0.1) is 94.9 Å². The lowest BCUT2D eigenvalue weighted by Crippen LogP contribution is -2.15. The van der Waals surface area contributed by atoms with Crippen molar-refractivity contribution >= 4 is 44.1 Å². The third-order valence-electron chi connectivity index (χ3n) is 13.9. The van der Waals surface area contributed by atoms with Gasteiger partial charge in [-0.3, -0.25) is 0 Å². The molecule has 10 aromatic rings. The minimum Gasteiger partial charge on any atom is -0.493 e. The second-order valence-electron chi connectivity index (χ2n) is 21.8. The molecule has 4 aromatic heterocycles. The van der Waals surface area contributed by atoms with Crippen molar-refractivity contribution in [1.82, 2.24) is 59.5 Å². The number of hydrogen-bond acceptors (Lipinski definition) is 15. The van der Waals surface area contributed by atoms with Gasteiger partial charge in [0.1, 0.15) is 71.0 Å². The maximum Gasteiger partial charge on any atom is 0.142 e. The molecule has 4 N–H and O–H groups in total. The molecule has 0 amide bonds. The van der Waals surface area contributed by atoms with Crippen LogP contribution in [0.15, 0.2) is 109 Å².